The van der Waals surface area contributed by atoms with E-state index in [-0.39, 0.29) is 25.2 Å². The van der Waals surface area contributed by atoms with Gasteiger partial charge in [0.25, 0.3) is 0 Å². The van der Waals surface area contributed by atoms with Gasteiger partial charge in [-0.15, -0.1) is 0 Å². The average Bonchev–Trinajstić information content (AvgIpc) is 3.08. The van der Waals surface area contributed by atoms with Gasteiger partial charge in [-0.1, -0.05) is 135 Å². The molecule has 49 heavy (non-hydrogen) atoms. The largest absolute Gasteiger partial charge is 0.462 e. The molecule has 0 aliphatic rings. The van der Waals surface area contributed by atoms with Gasteiger partial charge in [0, 0.05) is 19.5 Å². The van der Waals surface area contributed by atoms with Crippen molar-refractivity contribution in [2.24, 2.45) is 0 Å². The van der Waals surface area contributed by atoms with Crippen molar-refractivity contribution >= 4 is 19.5 Å². The first-order chi connectivity index (χ1) is 23.8. The van der Waals surface area contributed by atoms with Crippen molar-refractivity contribution in [3.05, 3.63) is 24.3 Å². The van der Waals surface area contributed by atoms with Gasteiger partial charge in [0.1, 0.15) is 6.61 Å². The Morgan fingerprint density at radius 1 is 0.510 bits per heavy atom. The number of ether oxygens (including phenoxy) is 2. The zero-order chi connectivity index (χ0) is 36.1. The van der Waals surface area contributed by atoms with Crippen LogP contribution in [0.2, 0.25) is 0 Å². The summed E-state index contributed by atoms with van der Waals surface area (Å²) in [6, 6.07) is 0. The summed E-state index contributed by atoms with van der Waals surface area (Å²) in [6.07, 6.45) is 38.1. The molecule has 0 heterocycles. The Kier molecular flexibility index (Phi) is 35.3. The van der Waals surface area contributed by atoms with E-state index in [1.54, 1.807) is 0 Å². The summed E-state index contributed by atoms with van der Waals surface area (Å²) in [5.74, 6) is -0.662. The Labute approximate surface area is 302 Å². The van der Waals surface area contributed by atoms with Gasteiger partial charge in [-0.05, 0) is 70.6 Å². The standard InChI is InChI=1S/C41H77O7P/c1-5-8-10-12-14-16-18-20-21-23-25-27-29-31-33-35-41(43)48-39(38-47-49(4,44)46-36-7-3)37-45-40(42)34-32-30-28-26-24-22-19-17-15-13-11-9-6-2/h16-19,39H,5-15,20-38H2,1-4H3/b18-16-,19-17-/t39-,49?/m1/s1. The van der Waals surface area contributed by atoms with Gasteiger partial charge < -0.3 is 18.5 Å². The van der Waals surface area contributed by atoms with E-state index >= 15 is 0 Å². The molecule has 0 bridgehead atoms. The van der Waals surface area contributed by atoms with E-state index in [1.807, 2.05) is 6.92 Å². The van der Waals surface area contributed by atoms with E-state index in [0.717, 1.165) is 44.9 Å². The number of hydrogen-bond donors (Lipinski definition) is 0. The van der Waals surface area contributed by atoms with E-state index in [2.05, 4.69) is 38.2 Å². The zero-order valence-electron chi connectivity index (χ0n) is 32.4. The molecule has 0 aliphatic heterocycles. The molecule has 1 unspecified atom stereocenters. The molecule has 0 aromatic heterocycles. The molecule has 8 heteroatoms. The number of carbonyl (C=O) groups is 2. The highest BCUT2D eigenvalue weighted by Crippen LogP contribution is 2.44. The van der Waals surface area contributed by atoms with Crippen LogP contribution >= 0.6 is 7.60 Å². The normalized spacial score (nSPS) is 13.6. The Balaban J connectivity index is 4.22. The number of esters is 2. The molecule has 0 N–H and O–H groups in total. The van der Waals surface area contributed by atoms with Crippen LogP contribution < -0.4 is 0 Å². The molecule has 0 aliphatic carbocycles. The maximum absolute atomic E-state index is 12.6. The number of rotatable bonds is 37. The summed E-state index contributed by atoms with van der Waals surface area (Å²) in [7, 11) is -3.29. The first-order valence-corrected chi connectivity index (χ1v) is 22.3. The van der Waals surface area contributed by atoms with E-state index in [0.29, 0.717) is 25.9 Å². The highest BCUT2D eigenvalue weighted by molar-refractivity contribution is 7.52. The number of carbonyl (C=O) groups excluding carboxylic acids is 2. The molecule has 0 aromatic rings. The molecule has 0 amide bonds. The lowest BCUT2D eigenvalue weighted by molar-refractivity contribution is -0.161. The van der Waals surface area contributed by atoms with Crippen LogP contribution in [0.3, 0.4) is 0 Å². The van der Waals surface area contributed by atoms with E-state index < -0.39 is 13.7 Å². The molecule has 2 atom stereocenters. The Morgan fingerprint density at radius 3 is 1.37 bits per heavy atom. The minimum absolute atomic E-state index is 0.114. The second-order valence-corrected chi connectivity index (χ2v) is 15.7. The fourth-order valence-corrected chi connectivity index (χ4v) is 6.48. The first-order valence-electron chi connectivity index (χ1n) is 20.4. The summed E-state index contributed by atoms with van der Waals surface area (Å²) in [4.78, 5) is 25.0. The minimum Gasteiger partial charge on any atom is -0.462 e. The fraction of sp³-hybridized carbons (Fsp3) is 0.854. The van der Waals surface area contributed by atoms with Crippen molar-refractivity contribution < 1.29 is 32.7 Å². The summed E-state index contributed by atoms with van der Waals surface area (Å²) in [6.45, 7) is 7.88. The van der Waals surface area contributed by atoms with Crippen molar-refractivity contribution in [2.75, 3.05) is 26.5 Å². The molecular formula is C41H77O7P. The minimum atomic E-state index is -3.29. The van der Waals surface area contributed by atoms with Crippen molar-refractivity contribution in [1.29, 1.82) is 0 Å². The third-order valence-corrected chi connectivity index (χ3v) is 9.81. The van der Waals surface area contributed by atoms with Crippen LogP contribution in [-0.4, -0.2) is 44.5 Å². The van der Waals surface area contributed by atoms with Gasteiger partial charge in [-0.25, -0.2) is 0 Å². The Hall–Kier alpha value is -1.43. The van der Waals surface area contributed by atoms with Crippen LogP contribution in [0.25, 0.3) is 0 Å². The summed E-state index contributed by atoms with van der Waals surface area (Å²) in [5, 5.41) is 0. The van der Waals surface area contributed by atoms with Gasteiger partial charge in [-0.3, -0.25) is 14.2 Å². The zero-order valence-corrected chi connectivity index (χ0v) is 33.3. The maximum Gasteiger partial charge on any atom is 0.327 e. The highest BCUT2D eigenvalue weighted by Gasteiger charge is 2.23. The van der Waals surface area contributed by atoms with Crippen LogP contribution in [0.5, 0.6) is 0 Å². The van der Waals surface area contributed by atoms with Gasteiger partial charge >= 0.3 is 19.5 Å². The summed E-state index contributed by atoms with van der Waals surface area (Å²) in [5.41, 5.74) is 0. The molecule has 0 radical (unpaired) electrons. The summed E-state index contributed by atoms with van der Waals surface area (Å²) >= 11 is 0. The van der Waals surface area contributed by atoms with Gasteiger partial charge in [0.15, 0.2) is 6.10 Å². The molecule has 0 spiro atoms. The van der Waals surface area contributed by atoms with Crippen molar-refractivity contribution in [3.8, 4) is 0 Å². The maximum atomic E-state index is 12.6. The lowest BCUT2D eigenvalue weighted by atomic mass is 10.1. The van der Waals surface area contributed by atoms with Crippen molar-refractivity contribution in [1.82, 2.24) is 0 Å². The molecule has 288 valence electrons. The van der Waals surface area contributed by atoms with Crippen LogP contribution in [-0.2, 0) is 32.7 Å². The molecule has 0 fully saturated rings. The first kappa shape index (κ1) is 47.6. The molecule has 0 rings (SSSR count). The monoisotopic (exact) mass is 713 g/mol. The van der Waals surface area contributed by atoms with Crippen LogP contribution in [0, 0.1) is 0 Å². The number of unbranched alkanes of at least 4 members (excludes halogenated alkanes) is 20. The van der Waals surface area contributed by atoms with E-state index in [4.69, 9.17) is 18.5 Å². The highest BCUT2D eigenvalue weighted by atomic mass is 31.2. The predicted octanol–water partition coefficient (Wildman–Crippen LogP) is 13.0. The van der Waals surface area contributed by atoms with E-state index in [9.17, 15) is 14.2 Å². The summed E-state index contributed by atoms with van der Waals surface area (Å²) < 4.78 is 34.5. The average molecular weight is 713 g/mol. The third-order valence-electron chi connectivity index (χ3n) is 8.54. The van der Waals surface area contributed by atoms with Crippen molar-refractivity contribution in [2.45, 2.75) is 200 Å². The molecule has 0 saturated carbocycles. The smallest absolute Gasteiger partial charge is 0.327 e. The van der Waals surface area contributed by atoms with E-state index in [1.165, 1.54) is 116 Å². The third kappa shape index (κ3) is 36.2. The fourth-order valence-electron chi connectivity index (χ4n) is 5.46. The Morgan fingerprint density at radius 2 is 0.918 bits per heavy atom. The predicted molar refractivity (Wildman–Crippen MR) is 206 cm³/mol. The molecule has 7 nitrogen and oxygen atoms in total. The van der Waals surface area contributed by atoms with Crippen LogP contribution in [0.1, 0.15) is 194 Å². The lowest BCUT2D eigenvalue weighted by Gasteiger charge is -2.20. The van der Waals surface area contributed by atoms with Gasteiger partial charge in [-0.2, -0.15) is 0 Å². The quantitative estimate of drug-likeness (QED) is 0.0274. The van der Waals surface area contributed by atoms with Crippen LogP contribution in [0.15, 0.2) is 24.3 Å². The molecule has 0 aromatic carbocycles. The topological polar surface area (TPSA) is 88.1 Å². The number of allylic oxidation sites excluding steroid dienone is 4. The SMILES string of the molecule is CCCCCC/C=C\CCCCCCCCCC(=O)O[C@H](COC(=O)CCCCCCC/C=C\CCCCCC)COP(C)(=O)OCCC. The number of hydrogen-bond acceptors (Lipinski definition) is 7. The van der Waals surface area contributed by atoms with Crippen molar-refractivity contribution in [3.63, 3.8) is 0 Å². The van der Waals surface area contributed by atoms with Crippen LogP contribution in [0.4, 0.5) is 0 Å². The van der Waals surface area contributed by atoms with Gasteiger partial charge in [0.05, 0.1) is 13.2 Å². The lowest BCUT2D eigenvalue weighted by Crippen LogP contribution is -2.29. The second kappa shape index (κ2) is 36.4. The Bertz CT molecular complexity index is 857. The molecular weight excluding hydrogens is 635 g/mol. The second-order valence-electron chi connectivity index (χ2n) is 13.7. The van der Waals surface area contributed by atoms with Gasteiger partial charge in [0.2, 0.25) is 0 Å². The molecule has 0 saturated heterocycles.